The fraction of sp³-hybridized carbons (Fsp3) is 0.154. The first-order valence-corrected chi connectivity index (χ1v) is 5.35. The highest BCUT2D eigenvalue weighted by molar-refractivity contribution is 5.40. The standard InChI is InChI=1S/C13H15N3O/c1-17-12-7-3-2-6-11(12)13(16-14)10-5-4-8-15-9-10/h2-9,13,16H,14H2,1H3. The Balaban J connectivity index is 2.42. The van der Waals surface area contributed by atoms with E-state index in [2.05, 4.69) is 10.4 Å². The van der Waals surface area contributed by atoms with E-state index in [0.29, 0.717) is 0 Å². The molecule has 0 radical (unpaired) electrons. The first kappa shape index (κ1) is 11.6. The molecule has 1 aromatic carbocycles. The molecule has 0 saturated carbocycles. The van der Waals surface area contributed by atoms with Crippen LogP contribution in [0.1, 0.15) is 17.2 Å². The summed E-state index contributed by atoms with van der Waals surface area (Å²) < 4.78 is 5.33. The van der Waals surface area contributed by atoms with Crippen LogP contribution in [0.15, 0.2) is 48.8 Å². The monoisotopic (exact) mass is 229 g/mol. The Morgan fingerprint density at radius 1 is 1.24 bits per heavy atom. The Morgan fingerprint density at radius 2 is 2.06 bits per heavy atom. The molecule has 3 N–H and O–H groups in total. The van der Waals surface area contributed by atoms with E-state index in [9.17, 15) is 0 Å². The van der Waals surface area contributed by atoms with Gasteiger partial charge in [-0.15, -0.1) is 0 Å². The number of ether oxygens (including phenoxy) is 1. The molecule has 1 aromatic heterocycles. The maximum absolute atomic E-state index is 5.63. The zero-order valence-corrected chi connectivity index (χ0v) is 9.63. The van der Waals surface area contributed by atoms with Crippen molar-refractivity contribution in [3.05, 3.63) is 59.9 Å². The van der Waals surface area contributed by atoms with Crippen LogP contribution in [0.5, 0.6) is 5.75 Å². The number of nitrogens with two attached hydrogens (primary N) is 1. The van der Waals surface area contributed by atoms with Crippen LogP contribution in [0.2, 0.25) is 0 Å². The summed E-state index contributed by atoms with van der Waals surface area (Å²) in [6, 6.07) is 11.5. The topological polar surface area (TPSA) is 60.2 Å². The zero-order valence-electron chi connectivity index (χ0n) is 9.63. The van der Waals surface area contributed by atoms with Crippen LogP contribution in [0.25, 0.3) is 0 Å². The number of hydrogen-bond donors (Lipinski definition) is 2. The third-order valence-electron chi connectivity index (χ3n) is 2.63. The lowest BCUT2D eigenvalue weighted by molar-refractivity contribution is 0.404. The molecule has 17 heavy (non-hydrogen) atoms. The number of aromatic nitrogens is 1. The SMILES string of the molecule is COc1ccccc1C(NN)c1cccnc1. The molecule has 0 aliphatic rings. The van der Waals surface area contributed by atoms with Gasteiger partial charge in [-0.25, -0.2) is 5.43 Å². The van der Waals surface area contributed by atoms with Gasteiger partial charge in [-0.1, -0.05) is 24.3 Å². The Kier molecular flexibility index (Phi) is 3.69. The first-order chi connectivity index (χ1) is 8.36. The van der Waals surface area contributed by atoms with Gasteiger partial charge in [0.05, 0.1) is 13.2 Å². The summed E-state index contributed by atoms with van der Waals surface area (Å²) in [6.07, 6.45) is 3.52. The molecule has 0 aliphatic heterocycles. The lowest BCUT2D eigenvalue weighted by Gasteiger charge is -2.18. The molecule has 0 bridgehead atoms. The van der Waals surface area contributed by atoms with E-state index < -0.39 is 0 Å². The van der Waals surface area contributed by atoms with Gasteiger partial charge in [-0.2, -0.15) is 0 Å². The van der Waals surface area contributed by atoms with Crippen LogP contribution in [-0.4, -0.2) is 12.1 Å². The highest BCUT2D eigenvalue weighted by Crippen LogP contribution is 2.28. The van der Waals surface area contributed by atoms with Crippen molar-refractivity contribution in [2.75, 3.05) is 7.11 Å². The summed E-state index contributed by atoms with van der Waals surface area (Å²) in [6.45, 7) is 0. The summed E-state index contributed by atoms with van der Waals surface area (Å²) in [7, 11) is 1.65. The average molecular weight is 229 g/mol. The van der Waals surface area contributed by atoms with Gasteiger partial charge in [0.25, 0.3) is 0 Å². The van der Waals surface area contributed by atoms with Crippen LogP contribution in [0.4, 0.5) is 0 Å². The minimum Gasteiger partial charge on any atom is -0.496 e. The fourth-order valence-electron chi connectivity index (χ4n) is 1.82. The second-order valence-electron chi connectivity index (χ2n) is 3.63. The van der Waals surface area contributed by atoms with E-state index in [4.69, 9.17) is 10.6 Å². The molecule has 2 rings (SSSR count). The van der Waals surface area contributed by atoms with E-state index >= 15 is 0 Å². The normalized spacial score (nSPS) is 12.1. The predicted molar refractivity (Wildman–Crippen MR) is 66.4 cm³/mol. The molecule has 0 spiro atoms. The summed E-state index contributed by atoms with van der Waals surface area (Å²) in [5.74, 6) is 6.43. The number of methoxy groups -OCH3 is 1. The quantitative estimate of drug-likeness (QED) is 0.618. The third-order valence-corrected chi connectivity index (χ3v) is 2.63. The zero-order chi connectivity index (χ0) is 12.1. The van der Waals surface area contributed by atoms with Gasteiger partial charge in [0.15, 0.2) is 0 Å². The van der Waals surface area contributed by atoms with Crippen LogP contribution in [0.3, 0.4) is 0 Å². The Bertz CT molecular complexity index is 473. The van der Waals surface area contributed by atoms with E-state index in [-0.39, 0.29) is 6.04 Å². The number of nitrogens with zero attached hydrogens (tertiary/aromatic N) is 1. The number of para-hydroxylation sites is 1. The first-order valence-electron chi connectivity index (χ1n) is 5.35. The number of pyridine rings is 1. The average Bonchev–Trinajstić information content (AvgIpc) is 2.41. The van der Waals surface area contributed by atoms with E-state index in [1.54, 1.807) is 19.5 Å². The van der Waals surface area contributed by atoms with E-state index in [0.717, 1.165) is 16.9 Å². The minimum atomic E-state index is -0.125. The smallest absolute Gasteiger partial charge is 0.124 e. The maximum atomic E-state index is 5.63. The Labute approximate surface area is 100 Å². The molecule has 88 valence electrons. The molecule has 1 atom stereocenters. The van der Waals surface area contributed by atoms with Crippen LogP contribution in [0, 0.1) is 0 Å². The van der Waals surface area contributed by atoms with Crippen molar-refractivity contribution in [3.8, 4) is 5.75 Å². The summed E-state index contributed by atoms with van der Waals surface area (Å²) in [5, 5.41) is 0. The number of benzene rings is 1. The van der Waals surface area contributed by atoms with Gasteiger partial charge in [-0.3, -0.25) is 10.8 Å². The molecule has 1 unspecified atom stereocenters. The highest BCUT2D eigenvalue weighted by atomic mass is 16.5. The van der Waals surface area contributed by atoms with Crippen molar-refractivity contribution in [2.24, 2.45) is 5.84 Å². The Morgan fingerprint density at radius 3 is 2.71 bits per heavy atom. The van der Waals surface area contributed by atoms with Crippen molar-refractivity contribution < 1.29 is 4.74 Å². The molecule has 0 fully saturated rings. The van der Waals surface area contributed by atoms with Gasteiger partial charge >= 0.3 is 0 Å². The fourth-order valence-corrected chi connectivity index (χ4v) is 1.82. The molecule has 0 amide bonds. The van der Waals surface area contributed by atoms with Crippen molar-refractivity contribution in [1.29, 1.82) is 0 Å². The summed E-state index contributed by atoms with van der Waals surface area (Å²) in [5.41, 5.74) is 4.78. The summed E-state index contributed by atoms with van der Waals surface area (Å²) >= 11 is 0. The maximum Gasteiger partial charge on any atom is 0.124 e. The predicted octanol–water partition coefficient (Wildman–Crippen LogP) is 1.64. The van der Waals surface area contributed by atoms with Crippen molar-refractivity contribution in [2.45, 2.75) is 6.04 Å². The van der Waals surface area contributed by atoms with Crippen molar-refractivity contribution in [3.63, 3.8) is 0 Å². The van der Waals surface area contributed by atoms with Gasteiger partial charge < -0.3 is 4.74 Å². The molecule has 4 nitrogen and oxygen atoms in total. The van der Waals surface area contributed by atoms with Crippen LogP contribution < -0.4 is 16.0 Å². The van der Waals surface area contributed by atoms with Crippen LogP contribution >= 0.6 is 0 Å². The number of rotatable bonds is 4. The minimum absolute atomic E-state index is 0.125. The Hall–Kier alpha value is -1.91. The second-order valence-corrected chi connectivity index (χ2v) is 3.63. The third kappa shape index (κ3) is 2.43. The molecule has 1 heterocycles. The largest absolute Gasteiger partial charge is 0.496 e. The molecule has 2 aromatic rings. The molecule has 0 saturated heterocycles. The molecule has 4 heteroatoms. The van der Waals surface area contributed by atoms with Gasteiger partial charge in [0.1, 0.15) is 5.75 Å². The van der Waals surface area contributed by atoms with Crippen LogP contribution in [-0.2, 0) is 0 Å². The summed E-state index contributed by atoms with van der Waals surface area (Å²) in [4.78, 5) is 4.10. The molecule has 0 aliphatic carbocycles. The van der Waals surface area contributed by atoms with E-state index in [1.807, 2.05) is 36.4 Å². The van der Waals surface area contributed by atoms with Gasteiger partial charge in [0, 0.05) is 18.0 Å². The van der Waals surface area contributed by atoms with E-state index in [1.165, 1.54) is 0 Å². The number of hydrogen-bond acceptors (Lipinski definition) is 4. The lowest BCUT2D eigenvalue weighted by Crippen LogP contribution is -2.29. The number of nitrogens with one attached hydrogen (secondary N) is 1. The van der Waals surface area contributed by atoms with Crippen molar-refractivity contribution >= 4 is 0 Å². The second kappa shape index (κ2) is 5.43. The molecular formula is C13H15N3O. The number of hydrazine groups is 1. The molecular weight excluding hydrogens is 214 g/mol. The van der Waals surface area contributed by atoms with Gasteiger partial charge in [0.2, 0.25) is 0 Å². The lowest BCUT2D eigenvalue weighted by atomic mass is 10.00. The van der Waals surface area contributed by atoms with Crippen molar-refractivity contribution in [1.82, 2.24) is 10.4 Å². The highest BCUT2D eigenvalue weighted by Gasteiger charge is 2.16. The van der Waals surface area contributed by atoms with Gasteiger partial charge in [-0.05, 0) is 17.7 Å².